The van der Waals surface area contributed by atoms with Gasteiger partial charge in [-0.2, -0.15) is 26.3 Å². The number of carbonyl (C=O) groups is 2. The standard InChI is InChI=1S/C16H13F6N3O4/c1-8-10(11(26)25(24-8)9-6-4-3-5-7-9)14(13(28)29-2,16(20,21)22)23-12(27)15(17,18)19/h3-7,24H,1-2H3,(H,23,27). The molecule has 13 heteroatoms. The van der Waals surface area contributed by atoms with Crippen molar-refractivity contribution in [2.45, 2.75) is 24.8 Å². The van der Waals surface area contributed by atoms with Crippen molar-refractivity contribution in [2.75, 3.05) is 7.11 Å². The number of alkyl halides is 6. The van der Waals surface area contributed by atoms with Crippen molar-refractivity contribution in [1.29, 1.82) is 0 Å². The first-order chi connectivity index (χ1) is 13.3. The predicted molar refractivity (Wildman–Crippen MR) is 85.1 cm³/mol. The fraction of sp³-hybridized carbons (Fsp3) is 0.312. The third-order valence-electron chi connectivity index (χ3n) is 3.94. The summed E-state index contributed by atoms with van der Waals surface area (Å²) in [5.41, 5.74) is -7.93. The molecule has 29 heavy (non-hydrogen) atoms. The summed E-state index contributed by atoms with van der Waals surface area (Å²) in [5, 5.41) is 2.89. The Morgan fingerprint density at radius 3 is 2.07 bits per heavy atom. The molecule has 1 amide bonds. The van der Waals surface area contributed by atoms with Crippen LogP contribution in [0.15, 0.2) is 35.1 Å². The molecule has 1 aromatic carbocycles. The summed E-state index contributed by atoms with van der Waals surface area (Å²) in [6.45, 7) is 0.930. The van der Waals surface area contributed by atoms with Crippen molar-refractivity contribution in [3.8, 4) is 5.69 Å². The predicted octanol–water partition coefficient (Wildman–Crippen LogP) is 2.08. The molecule has 158 valence electrons. The maximum Gasteiger partial charge on any atom is 0.471 e. The normalized spacial score (nSPS) is 14.2. The Balaban J connectivity index is 2.86. The van der Waals surface area contributed by atoms with Crippen molar-refractivity contribution in [3.05, 3.63) is 51.9 Å². The number of benzene rings is 1. The van der Waals surface area contributed by atoms with Crippen LogP contribution in [-0.2, 0) is 19.9 Å². The van der Waals surface area contributed by atoms with Gasteiger partial charge in [0.25, 0.3) is 11.1 Å². The summed E-state index contributed by atoms with van der Waals surface area (Å²) in [4.78, 5) is 36.2. The fourth-order valence-corrected chi connectivity index (χ4v) is 2.69. The van der Waals surface area contributed by atoms with Gasteiger partial charge in [0, 0.05) is 5.69 Å². The Morgan fingerprint density at radius 2 is 1.62 bits per heavy atom. The molecule has 0 aliphatic carbocycles. The number of aromatic amines is 1. The number of ether oxygens (including phenoxy) is 1. The molecule has 0 fully saturated rings. The van der Waals surface area contributed by atoms with Crippen molar-refractivity contribution in [2.24, 2.45) is 0 Å². The number of amides is 1. The highest BCUT2D eigenvalue weighted by Gasteiger charge is 2.68. The summed E-state index contributed by atoms with van der Waals surface area (Å²) < 4.78 is 84.6. The Labute approximate surface area is 158 Å². The van der Waals surface area contributed by atoms with Gasteiger partial charge in [0.1, 0.15) is 0 Å². The molecule has 1 atom stereocenters. The molecule has 2 rings (SSSR count). The molecule has 0 saturated heterocycles. The first-order valence-electron chi connectivity index (χ1n) is 7.69. The number of halogens is 6. The Bertz CT molecular complexity index is 977. The molecule has 1 unspecified atom stereocenters. The second-order valence-corrected chi connectivity index (χ2v) is 5.78. The maximum atomic E-state index is 14.0. The lowest BCUT2D eigenvalue weighted by Gasteiger charge is -2.33. The van der Waals surface area contributed by atoms with Crippen molar-refractivity contribution in [3.63, 3.8) is 0 Å². The topological polar surface area (TPSA) is 93.2 Å². The minimum absolute atomic E-state index is 0.0370. The van der Waals surface area contributed by atoms with Crippen molar-refractivity contribution in [1.82, 2.24) is 15.1 Å². The largest absolute Gasteiger partial charge is 0.471 e. The zero-order valence-electron chi connectivity index (χ0n) is 14.7. The molecule has 0 aliphatic rings. The van der Waals surface area contributed by atoms with E-state index < -0.39 is 46.6 Å². The molecule has 0 aliphatic heterocycles. The molecule has 1 aromatic heterocycles. The minimum atomic E-state index is -5.86. The van der Waals surface area contributed by atoms with E-state index in [1.807, 2.05) is 0 Å². The van der Waals surface area contributed by atoms with E-state index in [1.165, 1.54) is 24.3 Å². The first kappa shape index (κ1) is 22.0. The number of aromatic nitrogens is 2. The molecular weight excluding hydrogens is 412 g/mol. The molecular formula is C16H13F6N3O4. The number of nitrogens with one attached hydrogen (secondary N) is 2. The van der Waals surface area contributed by atoms with Crippen LogP contribution in [0.5, 0.6) is 0 Å². The number of H-pyrrole nitrogens is 1. The number of hydrogen-bond donors (Lipinski definition) is 2. The number of hydrogen-bond acceptors (Lipinski definition) is 4. The lowest BCUT2D eigenvalue weighted by Crippen LogP contribution is -2.65. The molecule has 0 spiro atoms. The average Bonchev–Trinajstić information content (AvgIpc) is 2.92. The Kier molecular flexibility index (Phi) is 5.54. The van der Waals surface area contributed by atoms with E-state index in [4.69, 9.17) is 0 Å². The highest BCUT2D eigenvalue weighted by molar-refractivity contribution is 5.92. The van der Waals surface area contributed by atoms with E-state index in [-0.39, 0.29) is 5.69 Å². The zero-order valence-corrected chi connectivity index (χ0v) is 14.7. The van der Waals surface area contributed by atoms with Gasteiger partial charge in [-0.1, -0.05) is 18.2 Å². The maximum absolute atomic E-state index is 14.0. The third kappa shape index (κ3) is 3.71. The van der Waals surface area contributed by atoms with Gasteiger partial charge in [0.15, 0.2) is 0 Å². The zero-order chi connectivity index (χ0) is 22.2. The van der Waals surface area contributed by atoms with Crippen LogP contribution in [0.4, 0.5) is 26.3 Å². The number of carbonyl (C=O) groups excluding carboxylic acids is 2. The molecule has 0 bridgehead atoms. The van der Waals surface area contributed by atoms with Gasteiger partial charge in [-0.05, 0) is 19.1 Å². The lowest BCUT2D eigenvalue weighted by atomic mass is 9.88. The average molecular weight is 425 g/mol. The summed E-state index contributed by atoms with van der Waals surface area (Å²) in [5.74, 6) is -5.39. The summed E-state index contributed by atoms with van der Waals surface area (Å²) >= 11 is 0. The number of esters is 1. The van der Waals surface area contributed by atoms with Crippen LogP contribution in [0.25, 0.3) is 5.69 Å². The van der Waals surface area contributed by atoms with Crippen LogP contribution in [0.3, 0.4) is 0 Å². The van der Waals surface area contributed by atoms with Crippen LogP contribution in [-0.4, -0.2) is 41.1 Å². The van der Waals surface area contributed by atoms with Crippen LogP contribution in [0.2, 0.25) is 0 Å². The van der Waals surface area contributed by atoms with E-state index in [2.05, 4.69) is 9.84 Å². The SMILES string of the molecule is COC(=O)C(NC(=O)C(F)(F)F)(c1c(C)[nH]n(-c2ccccc2)c1=O)C(F)(F)F. The van der Waals surface area contributed by atoms with Gasteiger partial charge in [-0.25, -0.2) is 9.48 Å². The number of nitrogens with zero attached hydrogens (tertiary/aromatic N) is 1. The van der Waals surface area contributed by atoms with E-state index in [9.17, 15) is 40.7 Å². The third-order valence-corrected chi connectivity index (χ3v) is 3.94. The second-order valence-electron chi connectivity index (χ2n) is 5.78. The molecule has 0 saturated carbocycles. The van der Waals surface area contributed by atoms with Gasteiger partial charge in [-0.3, -0.25) is 14.7 Å². The molecule has 0 radical (unpaired) electrons. The molecule has 1 heterocycles. The van der Waals surface area contributed by atoms with Crippen LogP contribution in [0, 0.1) is 6.92 Å². The van der Waals surface area contributed by atoms with E-state index in [0.29, 0.717) is 17.1 Å². The minimum Gasteiger partial charge on any atom is -0.467 e. The quantitative estimate of drug-likeness (QED) is 0.580. The van der Waals surface area contributed by atoms with Gasteiger partial charge in [0.2, 0.25) is 0 Å². The number of para-hydroxylation sites is 1. The number of methoxy groups -OCH3 is 1. The van der Waals surface area contributed by atoms with Gasteiger partial charge in [-0.15, -0.1) is 0 Å². The van der Waals surface area contributed by atoms with Crippen molar-refractivity contribution >= 4 is 11.9 Å². The highest BCUT2D eigenvalue weighted by Crippen LogP contribution is 2.41. The van der Waals surface area contributed by atoms with E-state index in [1.54, 1.807) is 6.07 Å². The van der Waals surface area contributed by atoms with Gasteiger partial charge < -0.3 is 10.1 Å². The van der Waals surface area contributed by atoms with Crippen molar-refractivity contribution < 1.29 is 40.7 Å². The summed E-state index contributed by atoms with van der Waals surface area (Å²) in [6, 6.07) is 7.08. The van der Waals surface area contributed by atoms with Crippen LogP contribution in [0.1, 0.15) is 11.3 Å². The Morgan fingerprint density at radius 1 is 1.07 bits per heavy atom. The van der Waals surface area contributed by atoms with Gasteiger partial charge in [0.05, 0.1) is 18.4 Å². The summed E-state index contributed by atoms with van der Waals surface area (Å²) in [6.07, 6.45) is -11.6. The smallest absolute Gasteiger partial charge is 0.467 e. The van der Waals surface area contributed by atoms with Gasteiger partial charge >= 0.3 is 24.2 Å². The number of aryl methyl sites for hydroxylation is 1. The second kappa shape index (κ2) is 7.29. The van der Waals surface area contributed by atoms with Crippen LogP contribution >= 0.6 is 0 Å². The van der Waals surface area contributed by atoms with Crippen LogP contribution < -0.4 is 10.9 Å². The van der Waals surface area contributed by atoms with E-state index in [0.717, 1.165) is 6.92 Å². The molecule has 7 nitrogen and oxygen atoms in total. The lowest BCUT2D eigenvalue weighted by molar-refractivity contribution is -0.223. The summed E-state index contributed by atoms with van der Waals surface area (Å²) in [7, 11) is 0.473. The number of rotatable bonds is 4. The highest BCUT2D eigenvalue weighted by atomic mass is 19.4. The first-order valence-corrected chi connectivity index (χ1v) is 7.69. The Hall–Kier alpha value is -3.25. The fourth-order valence-electron chi connectivity index (χ4n) is 2.69. The molecule has 2 aromatic rings. The molecule has 2 N–H and O–H groups in total. The van der Waals surface area contributed by atoms with E-state index >= 15 is 0 Å². The monoisotopic (exact) mass is 425 g/mol.